The van der Waals surface area contributed by atoms with E-state index in [1.165, 1.54) is 0 Å². The van der Waals surface area contributed by atoms with Gasteiger partial charge in [0.15, 0.2) is 0 Å². The van der Waals surface area contributed by atoms with Gasteiger partial charge in [-0.2, -0.15) is 0 Å². The molecule has 0 unspecified atom stereocenters. The lowest BCUT2D eigenvalue weighted by molar-refractivity contribution is -0.111. The predicted octanol–water partition coefficient (Wildman–Crippen LogP) is 2.42. The molecule has 0 radical (unpaired) electrons. The minimum Gasteiger partial charge on any atom is -0.281 e. The van der Waals surface area contributed by atoms with E-state index >= 15 is 0 Å². The minimum absolute atomic E-state index is 0.280. The fraction of sp³-hybridized carbons (Fsp3) is 0.375. The SMILES string of the molecule is O=C(Cl)CC1=CCCC=C1. The van der Waals surface area contributed by atoms with Crippen LogP contribution in [0.1, 0.15) is 19.3 Å². The van der Waals surface area contributed by atoms with Crippen LogP contribution in [-0.2, 0) is 4.79 Å². The fourth-order valence-corrected chi connectivity index (χ4v) is 1.11. The summed E-state index contributed by atoms with van der Waals surface area (Å²) in [6.07, 6.45) is 8.58. The topological polar surface area (TPSA) is 17.1 Å². The molecule has 0 heterocycles. The van der Waals surface area contributed by atoms with Gasteiger partial charge in [-0.25, -0.2) is 0 Å². The molecule has 1 aliphatic carbocycles. The fourth-order valence-electron chi connectivity index (χ4n) is 0.959. The van der Waals surface area contributed by atoms with Crippen LogP contribution >= 0.6 is 11.6 Å². The molecule has 0 spiro atoms. The lowest BCUT2D eigenvalue weighted by Crippen LogP contribution is -1.90. The number of halogens is 1. The maximum Gasteiger partial charge on any atom is 0.226 e. The van der Waals surface area contributed by atoms with Crippen molar-refractivity contribution in [2.24, 2.45) is 0 Å². The van der Waals surface area contributed by atoms with E-state index in [1.54, 1.807) is 0 Å². The van der Waals surface area contributed by atoms with E-state index in [4.69, 9.17) is 11.6 Å². The Morgan fingerprint density at radius 3 is 2.90 bits per heavy atom. The molecule has 0 saturated heterocycles. The third-order valence-corrected chi connectivity index (χ3v) is 1.55. The van der Waals surface area contributed by atoms with E-state index in [1.807, 2.05) is 6.08 Å². The van der Waals surface area contributed by atoms with Crippen LogP contribution in [0.15, 0.2) is 23.8 Å². The van der Waals surface area contributed by atoms with Crippen molar-refractivity contribution in [2.45, 2.75) is 19.3 Å². The van der Waals surface area contributed by atoms with Crippen molar-refractivity contribution in [3.05, 3.63) is 23.8 Å². The van der Waals surface area contributed by atoms with Crippen molar-refractivity contribution >= 4 is 16.8 Å². The van der Waals surface area contributed by atoms with Gasteiger partial charge in [0.1, 0.15) is 0 Å². The second-order valence-corrected chi connectivity index (χ2v) is 2.71. The van der Waals surface area contributed by atoms with Crippen LogP contribution in [0.2, 0.25) is 0 Å². The standard InChI is InChI=1S/C8H9ClO/c9-8(10)6-7-4-2-1-3-5-7/h2,4-5H,1,3,6H2. The Morgan fingerprint density at radius 2 is 2.40 bits per heavy atom. The second-order valence-electron chi connectivity index (χ2n) is 2.29. The van der Waals surface area contributed by atoms with E-state index in [0.717, 1.165) is 18.4 Å². The highest BCUT2D eigenvalue weighted by Crippen LogP contribution is 2.13. The molecule has 0 N–H and O–H groups in total. The first kappa shape index (κ1) is 7.55. The van der Waals surface area contributed by atoms with E-state index in [0.29, 0.717) is 6.42 Å². The van der Waals surface area contributed by atoms with Gasteiger partial charge in [-0.05, 0) is 30.0 Å². The average Bonchev–Trinajstić information content (AvgIpc) is 1.88. The summed E-state index contributed by atoms with van der Waals surface area (Å²) in [5.41, 5.74) is 1.05. The zero-order valence-corrected chi connectivity index (χ0v) is 6.40. The first-order valence-corrected chi connectivity index (χ1v) is 3.71. The van der Waals surface area contributed by atoms with Crippen molar-refractivity contribution in [2.75, 3.05) is 0 Å². The van der Waals surface area contributed by atoms with Gasteiger partial charge in [-0.15, -0.1) is 0 Å². The lowest BCUT2D eigenvalue weighted by atomic mass is 10.1. The van der Waals surface area contributed by atoms with Crippen LogP contribution < -0.4 is 0 Å². The summed E-state index contributed by atoms with van der Waals surface area (Å²) >= 11 is 5.20. The second kappa shape index (κ2) is 3.57. The molecular formula is C8H9ClO. The van der Waals surface area contributed by atoms with Crippen LogP contribution in [0.4, 0.5) is 0 Å². The van der Waals surface area contributed by atoms with Crippen molar-refractivity contribution in [1.82, 2.24) is 0 Å². The Hall–Kier alpha value is -0.560. The molecule has 2 heteroatoms. The van der Waals surface area contributed by atoms with Gasteiger partial charge < -0.3 is 0 Å². The molecular weight excluding hydrogens is 148 g/mol. The van der Waals surface area contributed by atoms with Gasteiger partial charge in [-0.3, -0.25) is 4.79 Å². The lowest BCUT2D eigenvalue weighted by Gasteiger charge is -2.02. The Morgan fingerprint density at radius 1 is 1.60 bits per heavy atom. The van der Waals surface area contributed by atoms with E-state index in [2.05, 4.69) is 12.2 Å². The monoisotopic (exact) mass is 156 g/mol. The minimum atomic E-state index is -0.280. The number of carbonyl (C=O) groups excluding carboxylic acids is 1. The summed E-state index contributed by atoms with van der Waals surface area (Å²) in [6, 6.07) is 0. The zero-order valence-electron chi connectivity index (χ0n) is 5.64. The summed E-state index contributed by atoms with van der Waals surface area (Å²) in [4.78, 5) is 10.4. The Kier molecular flexibility index (Phi) is 2.69. The maximum absolute atomic E-state index is 10.4. The Balaban J connectivity index is 2.48. The smallest absolute Gasteiger partial charge is 0.226 e. The molecule has 0 aliphatic heterocycles. The summed E-state index contributed by atoms with van der Waals surface area (Å²) in [5.74, 6) is 0. The summed E-state index contributed by atoms with van der Waals surface area (Å²) < 4.78 is 0. The summed E-state index contributed by atoms with van der Waals surface area (Å²) in [7, 11) is 0. The normalized spacial score (nSPS) is 16.7. The third-order valence-electron chi connectivity index (χ3n) is 1.41. The Labute approximate surface area is 65.4 Å². The van der Waals surface area contributed by atoms with Crippen LogP contribution in [0, 0.1) is 0 Å². The molecule has 0 saturated carbocycles. The predicted molar refractivity (Wildman–Crippen MR) is 41.9 cm³/mol. The molecule has 0 aromatic carbocycles. The van der Waals surface area contributed by atoms with Gasteiger partial charge in [0.05, 0.1) is 0 Å². The molecule has 0 atom stereocenters. The van der Waals surface area contributed by atoms with Gasteiger partial charge in [0.2, 0.25) is 5.24 Å². The third kappa shape index (κ3) is 2.36. The highest BCUT2D eigenvalue weighted by atomic mass is 35.5. The molecule has 0 fully saturated rings. The summed E-state index contributed by atoms with van der Waals surface area (Å²) in [6.45, 7) is 0. The number of carbonyl (C=O) groups is 1. The van der Waals surface area contributed by atoms with Crippen LogP contribution in [0.25, 0.3) is 0 Å². The van der Waals surface area contributed by atoms with Crippen molar-refractivity contribution in [1.29, 1.82) is 0 Å². The highest BCUT2D eigenvalue weighted by molar-refractivity contribution is 6.63. The molecule has 0 bridgehead atoms. The van der Waals surface area contributed by atoms with Crippen molar-refractivity contribution in [3.63, 3.8) is 0 Å². The van der Waals surface area contributed by atoms with E-state index in [9.17, 15) is 4.79 Å². The van der Waals surface area contributed by atoms with Crippen LogP contribution in [0.3, 0.4) is 0 Å². The van der Waals surface area contributed by atoms with Crippen LogP contribution in [0.5, 0.6) is 0 Å². The van der Waals surface area contributed by atoms with Crippen molar-refractivity contribution in [3.8, 4) is 0 Å². The molecule has 54 valence electrons. The first-order chi connectivity index (χ1) is 4.79. The number of hydrogen-bond donors (Lipinski definition) is 0. The molecule has 0 amide bonds. The van der Waals surface area contributed by atoms with Gasteiger partial charge >= 0.3 is 0 Å². The van der Waals surface area contributed by atoms with Crippen molar-refractivity contribution < 1.29 is 4.79 Å². The Bertz CT molecular complexity index is 191. The largest absolute Gasteiger partial charge is 0.281 e. The quantitative estimate of drug-likeness (QED) is 0.562. The van der Waals surface area contributed by atoms with Crippen LogP contribution in [-0.4, -0.2) is 5.24 Å². The molecule has 10 heavy (non-hydrogen) atoms. The van der Waals surface area contributed by atoms with Gasteiger partial charge in [0.25, 0.3) is 0 Å². The highest BCUT2D eigenvalue weighted by Gasteiger charge is 2.01. The van der Waals surface area contributed by atoms with Gasteiger partial charge in [0, 0.05) is 6.42 Å². The molecule has 0 aromatic rings. The van der Waals surface area contributed by atoms with E-state index < -0.39 is 0 Å². The number of allylic oxidation sites excluding steroid dienone is 4. The van der Waals surface area contributed by atoms with Gasteiger partial charge in [-0.1, -0.05) is 18.2 Å². The average molecular weight is 157 g/mol. The molecule has 0 aromatic heterocycles. The summed E-state index contributed by atoms with van der Waals surface area (Å²) in [5, 5.41) is -0.280. The first-order valence-electron chi connectivity index (χ1n) is 3.33. The number of rotatable bonds is 2. The maximum atomic E-state index is 10.4. The molecule has 1 nitrogen and oxygen atoms in total. The zero-order chi connectivity index (χ0) is 7.40. The molecule has 1 aliphatic rings. The molecule has 1 rings (SSSR count). The number of hydrogen-bond acceptors (Lipinski definition) is 1. The van der Waals surface area contributed by atoms with E-state index in [-0.39, 0.29) is 5.24 Å².